The van der Waals surface area contributed by atoms with Crippen LogP contribution in [0.15, 0.2) is 95.3 Å². The molecule has 0 aromatic carbocycles. The van der Waals surface area contributed by atoms with Crippen molar-refractivity contribution in [1.29, 1.82) is 0 Å². The van der Waals surface area contributed by atoms with Crippen LogP contribution in [0, 0.1) is 0 Å². The maximum absolute atomic E-state index is 14.4. The molecule has 0 aliphatic carbocycles. The van der Waals surface area contributed by atoms with Crippen LogP contribution >= 0.6 is 11.8 Å². The van der Waals surface area contributed by atoms with Crippen LogP contribution in [0.4, 0.5) is 17.6 Å². The summed E-state index contributed by atoms with van der Waals surface area (Å²) in [5, 5.41) is 1.52. The molecule has 0 bridgehead atoms. The fourth-order valence-electron chi connectivity index (χ4n) is 1.82. The molecule has 0 rings (SSSR count). The van der Waals surface area contributed by atoms with Gasteiger partial charge in [0.25, 0.3) is 0 Å². The summed E-state index contributed by atoms with van der Waals surface area (Å²) < 4.78 is 59.0. The Balaban J connectivity index is 6.04. The molecule has 0 aromatic rings. The third-order valence-corrected chi connectivity index (χ3v) is 3.74. The zero-order chi connectivity index (χ0) is 20.5. The second-order valence-electron chi connectivity index (χ2n) is 5.13. The van der Waals surface area contributed by atoms with Gasteiger partial charge in [-0.25, -0.2) is 4.39 Å². The van der Waals surface area contributed by atoms with Crippen molar-refractivity contribution >= 4 is 11.8 Å². The monoisotopic (exact) mass is 386 g/mol. The van der Waals surface area contributed by atoms with Gasteiger partial charge in [-0.15, -0.1) is 6.58 Å². The summed E-state index contributed by atoms with van der Waals surface area (Å²) >= 11 is 1.18. The Morgan fingerprint density at radius 1 is 1.12 bits per heavy atom. The Hall–Kier alpha value is -2.21. The number of alkyl halides is 3. The standard InChI is InChI=1S/C20H22F4OS/c1-8-10-17(25-7)19(20(22,23)24)16(21)12-14(5)15(6)18(26-9-2)11-13(3)4/h8-9,11-12H,1-3,5-6,10H2,4,7H3/b16-12+,18-11-,19-17-. The van der Waals surface area contributed by atoms with Crippen LogP contribution in [0.25, 0.3) is 0 Å². The van der Waals surface area contributed by atoms with Crippen LogP contribution in [0.2, 0.25) is 0 Å². The number of allylic oxidation sites excluding steroid dienone is 8. The molecule has 26 heavy (non-hydrogen) atoms. The normalized spacial score (nSPS) is 13.6. The highest BCUT2D eigenvalue weighted by molar-refractivity contribution is 8.06. The van der Waals surface area contributed by atoms with Gasteiger partial charge in [0.05, 0.1) is 7.11 Å². The molecule has 0 radical (unpaired) electrons. The lowest BCUT2D eigenvalue weighted by molar-refractivity contribution is -0.0944. The first-order valence-corrected chi connectivity index (χ1v) is 8.23. The van der Waals surface area contributed by atoms with Gasteiger partial charge < -0.3 is 4.74 Å². The lowest BCUT2D eigenvalue weighted by Gasteiger charge is -2.16. The van der Waals surface area contributed by atoms with Gasteiger partial charge in [-0.2, -0.15) is 13.2 Å². The molecular weight excluding hydrogens is 364 g/mol. The van der Waals surface area contributed by atoms with Crippen LogP contribution in [0.1, 0.15) is 13.3 Å². The first kappa shape index (κ1) is 23.8. The molecule has 0 N–H and O–H groups in total. The fourth-order valence-corrected chi connectivity index (χ4v) is 2.54. The summed E-state index contributed by atoms with van der Waals surface area (Å²) in [6.07, 6.45) is -1.68. The SMILES string of the molecule is C=CC/C(OC)=C(\C(F)=C/C(=C)C(=C)/C(=C/C(=C)C)SC=C)C(F)(F)F. The highest BCUT2D eigenvalue weighted by Crippen LogP contribution is 2.37. The van der Waals surface area contributed by atoms with Crippen molar-refractivity contribution in [2.24, 2.45) is 0 Å². The van der Waals surface area contributed by atoms with Crippen molar-refractivity contribution in [3.05, 3.63) is 95.3 Å². The number of rotatable bonds is 10. The Kier molecular flexibility index (Phi) is 9.80. The molecule has 0 saturated carbocycles. The number of thioether (sulfide) groups is 1. The zero-order valence-corrected chi connectivity index (χ0v) is 15.7. The topological polar surface area (TPSA) is 9.23 Å². The van der Waals surface area contributed by atoms with Crippen molar-refractivity contribution in [3.63, 3.8) is 0 Å². The van der Waals surface area contributed by atoms with Gasteiger partial charge in [-0.3, -0.25) is 0 Å². The molecule has 0 saturated heterocycles. The van der Waals surface area contributed by atoms with E-state index in [4.69, 9.17) is 4.74 Å². The molecular formula is C20H22F4OS. The maximum Gasteiger partial charge on any atom is 0.422 e. The van der Waals surface area contributed by atoms with E-state index in [1.54, 1.807) is 13.0 Å². The average Bonchev–Trinajstić information content (AvgIpc) is 2.51. The van der Waals surface area contributed by atoms with E-state index in [1.807, 2.05) is 0 Å². The molecule has 0 aliphatic heterocycles. The van der Waals surface area contributed by atoms with E-state index in [1.165, 1.54) is 23.2 Å². The van der Waals surface area contributed by atoms with Crippen molar-refractivity contribution in [2.45, 2.75) is 19.5 Å². The Morgan fingerprint density at radius 3 is 2.08 bits per heavy atom. The summed E-state index contributed by atoms with van der Waals surface area (Å²) in [6.45, 7) is 19.8. The minimum atomic E-state index is -4.94. The van der Waals surface area contributed by atoms with Crippen molar-refractivity contribution < 1.29 is 22.3 Å². The second-order valence-corrected chi connectivity index (χ2v) is 6.14. The minimum Gasteiger partial charge on any atom is -0.500 e. The summed E-state index contributed by atoms with van der Waals surface area (Å²) in [4.78, 5) is 0.553. The molecule has 0 atom stereocenters. The van der Waals surface area contributed by atoms with E-state index in [9.17, 15) is 17.6 Å². The van der Waals surface area contributed by atoms with E-state index in [-0.39, 0.29) is 17.6 Å². The quantitative estimate of drug-likeness (QED) is 0.168. The summed E-state index contributed by atoms with van der Waals surface area (Å²) in [5.74, 6) is -2.08. The first-order valence-electron chi connectivity index (χ1n) is 7.35. The van der Waals surface area contributed by atoms with Crippen LogP contribution in [-0.2, 0) is 4.74 Å². The highest BCUT2D eigenvalue weighted by atomic mass is 32.2. The van der Waals surface area contributed by atoms with E-state index in [0.717, 1.165) is 7.11 Å². The molecule has 0 amide bonds. The van der Waals surface area contributed by atoms with Crippen LogP contribution < -0.4 is 0 Å². The fraction of sp³-hybridized carbons (Fsp3) is 0.200. The van der Waals surface area contributed by atoms with E-state index in [2.05, 4.69) is 32.9 Å². The number of halogens is 4. The van der Waals surface area contributed by atoms with Crippen LogP contribution in [-0.4, -0.2) is 13.3 Å². The number of ether oxygens (including phenoxy) is 1. The minimum absolute atomic E-state index is 0.0137. The Bertz CT molecular complexity index is 691. The first-order chi connectivity index (χ1) is 12.0. The van der Waals surface area contributed by atoms with Gasteiger partial charge in [0.2, 0.25) is 0 Å². The Morgan fingerprint density at radius 2 is 1.69 bits per heavy atom. The molecule has 0 fully saturated rings. The van der Waals surface area contributed by atoms with Crippen LogP contribution in [0.3, 0.4) is 0 Å². The van der Waals surface area contributed by atoms with Gasteiger partial charge in [-0.05, 0) is 35.6 Å². The van der Waals surface area contributed by atoms with E-state index >= 15 is 0 Å². The van der Waals surface area contributed by atoms with Crippen LogP contribution in [0.5, 0.6) is 0 Å². The molecule has 0 aliphatic rings. The third-order valence-electron chi connectivity index (χ3n) is 2.95. The molecule has 1 nitrogen and oxygen atoms in total. The average molecular weight is 386 g/mol. The molecule has 0 aromatic heterocycles. The highest BCUT2D eigenvalue weighted by Gasteiger charge is 2.40. The predicted molar refractivity (Wildman–Crippen MR) is 103 cm³/mol. The molecule has 0 heterocycles. The lowest BCUT2D eigenvalue weighted by Crippen LogP contribution is -2.16. The third kappa shape index (κ3) is 7.35. The zero-order valence-electron chi connectivity index (χ0n) is 14.9. The smallest absolute Gasteiger partial charge is 0.422 e. The molecule has 6 heteroatoms. The molecule has 142 valence electrons. The van der Waals surface area contributed by atoms with Gasteiger partial charge in [0.15, 0.2) is 0 Å². The summed E-state index contributed by atoms with van der Waals surface area (Å²) in [5.41, 5.74) is -0.565. The molecule has 0 spiro atoms. The van der Waals surface area contributed by atoms with Gasteiger partial charge >= 0.3 is 6.18 Å². The molecule has 0 unspecified atom stereocenters. The van der Waals surface area contributed by atoms with Gasteiger partial charge in [-0.1, -0.05) is 49.7 Å². The summed E-state index contributed by atoms with van der Waals surface area (Å²) in [7, 11) is 1.04. The van der Waals surface area contributed by atoms with Crippen molar-refractivity contribution in [1.82, 2.24) is 0 Å². The van der Waals surface area contributed by atoms with Gasteiger partial charge in [0, 0.05) is 11.3 Å². The predicted octanol–water partition coefficient (Wildman–Crippen LogP) is 7.33. The second kappa shape index (κ2) is 10.7. The van der Waals surface area contributed by atoms with Crippen molar-refractivity contribution in [3.8, 4) is 0 Å². The Labute approximate surface area is 156 Å². The number of methoxy groups -OCH3 is 1. The van der Waals surface area contributed by atoms with E-state index < -0.39 is 23.3 Å². The lowest BCUT2D eigenvalue weighted by atomic mass is 10.0. The largest absolute Gasteiger partial charge is 0.500 e. The van der Waals surface area contributed by atoms with Crippen molar-refractivity contribution in [2.75, 3.05) is 7.11 Å². The number of hydrogen-bond donors (Lipinski definition) is 0. The maximum atomic E-state index is 14.4. The van der Waals surface area contributed by atoms with Gasteiger partial charge in [0.1, 0.15) is 17.2 Å². The van der Waals surface area contributed by atoms with E-state index in [0.29, 0.717) is 16.6 Å². The summed E-state index contributed by atoms with van der Waals surface area (Å²) in [6, 6.07) is 0. The number of hydrogen-bond acceptors (Lipinski definition) is 2.